The number of para-hydroxylation sites is 1. The fraction of sp³-hybridized carbons (Fsp3) is 0.500. The van der Waals surface area contributed by atoms with E-state index < -0.39 is 22.1 Å². The number of nitrogens with one attached hydrogen (secondary N) is 2. The molecule has 1 fully saturated rings. The second-order valence-electron chi connectivity index (χ2n) is 8.42. The van der Waals surface area contributed by atoms with E-state index in [1.165, 1.54) is 4.31 Å². The molecule has 0 aliphatic carbocycles. The van der Waals surface area contributed by atoms with Gasteiger partial charge in [-0.1, -0.05) is 37.2 Å². The Kier molecular flexibility index (Phi) is 7.75. The average Bonchev–Trinajstić information content (AvgIpc) is 2.96. The van der Waals surface area contributed by atoms with Crippen molar-refractivity contribution in [2.75, 3.05) is 31.5 Å². The van der Waals surface area contributed by atoms with Crippen molar-refractivity contribution in [1.29, 1.82) is 0 Å². The van der Waals surface area contributed by atoms with Gasteiger partial charge < -0.3 is 20.1 Å². The van der Waals surface area contributed by atoms with Crippen molar-refractivity contribution in [2.24, 2.45) is 5.92 Å². The number of carbonyl (C=O) groups is 2. The molecule has 3 amide bonds. The minimum atomic E-state index is -3.78. The molecule has 180 valence electrons. The predicted molar refractivity (Wildman–Crippen MR) is 123 cm³/mol. The molecule has 1 saturated heterocycles. The molecule has 0 saturated carbocycles. The average molecular weight is 478 g/mol. The zero-order valence-electron chi connectivity index (χ0n) is 19.4. The number of anilines is 1. The normalized spacial score (nSPS) is 16.3. The van der Waals surface area contributed by atoms with Gasteiger partial charge in [-0.3, -0.25) is 4.79 Å². The maximum atomic E-state index is 13.3. The number of nitrogens with zero attached hydrogens (tertiary/aromatic N) is 3. The van der Waals surface area contributed by atoms with Crippen LogP contribution >= 0.6 is 0 Å². The lowest BCUT2D eigenvalue weighted by atomic mass is 10.0. The molecule has 33 heavy (non-hydrogen) atoms. The molecule has 0 spiro atoms. The Hall–Kier alpha value is -2.92. The molecule has 0 radical (unpaired) electrons. The van der Waals surface area contributed by atoms with Gasteiger partial charge in [0.25, 0.3) is 0 Å². The van der Waals surface area contributed by atoms with E-state index in [0.717, 1.165) is 0 Å². The van der Waals surface area contributed by atoms with Crippen LogP contribution in [0.3, 0.4) is 0 Å². The Bertz CT molecular complexity index is 1060. The van der Waals surface area contributed by atoms with Gasteiger partial charge in [-0.2, -0.15) is 4.31 Å². The maximum Gasteiger partial charge on any atom is 0.319 e. The number of amides is 3. The maximum absolute atomic E-state index is 13.3. The van der Waals surface area contributed by atoms with Gasteiger partial charge in [-0.15, -0.1) is 0 Å². The van der Waals surface area contributed by atoms with Crippen molar-refractivity contribution in [3.8, 4) is 0 Å². The van der Waals surface area contributed by atoms with Gasteiger partial charge in [0, 0.05) is 31.9 Å². The van der Waals surface area contributed by atoms with Gasteiger partial charge in [-0.25, -0.2) is 13.2 Å². The van der Waals surface area contributed by atoms with Crippen molar-refractivity contribution < 1.29 is 22.5 Å². The molecule has 3 rings (SSSR count). The Morgan fingerprint density at radius 2 is 1.76 bits per heavy atom. The van der Waals surface area contributed by atoms with E-state index in [1.54, 1.807) is 43.0 Å². The summed E-state index contributed by atoms with van der Waals surface area (Å²) >= 11 is 0. The molecule has 2 aromatic rings. The molecule has 1 unspecified atom stereocenters. The third-order valence-corrected chi connectivity index (χ3v) is 7.73. The highest BCUT2D eigenvalue weighted by Crippen LogP contribution is 2.24. The first-order valence-electron chi connectivity index (χ1n) is 11.0. The summed E-state index contributed by atoms with van der Waals surface area (Å²) in [5.41, 5.74) is 0.943. The van der Waals surface area contributed by atoms with E-state index in [0.29, 0.717) is 24.3 Å². The lowest BCUT2D eigenvalue weighted by Gasteiger charge is -2.29. The lowest BCUT2D eigenvalue weighted by Crippen LogP contribution is -2.53. The van der Waals surface area contributed by atoms with Crippen LogP contribution in [0.25, 0.3) is 0 Å². The minimum Gasteiger partial charge on any atom is -0.360 e. The first-order chi connectivity index (χ1) is 15.6. The number of benzene rings is 1. The number of sulfonamides is 1. The summed E-state index contributed by atoms with van der Waals surface area (Å²) in [6.45, 7) is 7.94. The summed E-state index contributed by atoms with van der Waals surface area (Å²) in [7, 11) is -3.78. The molecule has 1 aromatic heterocycles. The lowest BCUT2D eigenvalue weighted by molar-refractivity contribution is -0.134. The number of rotatable bonds is 6. The smallest absolute Gasteiger partial charge is 0.319 e. The Morgan fingerprint density at radius 3 is 2.36 bits per heavy atom. The zero-order valence-corrected chi connectivity index (χ0v) is 20.2. The quantitative estimate of drug-likeness (QED) is 0.658. The van der Waals surface area contributed by atoms with Crippen molar-refractivity contribution in [1.82, 2.24) is 19.7 Å². The van der Waals surface area contributed by atoms with E-state index in [1.807, 2.05) is 19.9 Å². The summed E-state index contributed by atoms with van der Waals surface area (Å²) in [6.07, 6.45) is 0.482. The highest BCUT2D eigenvalue weighted by molar-refractivity contribution is 7.89. The third-order valence-electron chi connectivity index (χ3n) is 5.58. The van der Waals surface area contributed by atoms with Crippen LogP contribution in [0.4, 0.5) is 10.5 Å². The van der Waals surface area contributed by atoms with Crippen LogP contribution < -0.4 is 10.6 Å². The van der Waals surface area contributed by atoms with Crippen molar-refractivity contribution in [3.63, 3.8) is 0 Å². The number of hydrogen-bond donors (Lipinski definition) is 2. The van der Waals surface area contributed by atoms with Crippen molar-refractivity contribution in [3.05, 3.63) is 41.8 Å². The van der Waals surface area contributed by atoms with Crippen LogP contribution in [0.5, 0.6) is 0 Å². The molecular weight excluding hydrogens is 446 g/mol. The molecule has 2 heterocycles. The SMILES string of the molecule is Cc1noc(C)c1S(=O)(=O)N1CCCN(C(=O)C(NC(=O)Nc2ccccc2)C(C)C)CC1. The van der Waals surface area contributed by atoms with Gasteiger partial charge in [-0.05, 0) is 38.3 Å². The number of carbonyl (C=O) groups excluding carboxylic acids is 2. The van der Waals surface area contributed by atoms with Crippen LogP contribution in [0.15, 0.2) is 39.8 Å². The standard InChI is InChI=1S/C22H31N5O5S/c1-15(2)19(24-22(29)23-18-9-6-5-7-10-18)21(28)26-11-8-12-27(14-13-26)33(30,31)20-16(3)25-32-17(20)4/h5-7,9-10,15,19H,8,11-14H2,1-4H3,(H2,23,24,29). The van der Waals surface area contributed by atoms with Crippen LogP contribution in [0, 0.1) is 19.8 Å². The van der Waals surface area contributed by atoms with Crippen molar-refractivity contribution >= 4 is 27.6 Å². The highest BCUT2D eigenvalue weighted by atomic mass is 32.2. The van der Waals surface area contributed by atoms with Gasteiger partial charge in [0.2, 0.25) is 15.9 Å². The largest absolute Gasteiger partial charge is 0.360 e. The first kappa shape index (κ1) is 24.7. The second-order valence-corrected chi connectivity index (χ2v) is 10.3. The third kappa shape index (κ3) is 5.72. The van der Waals surface area contributed by atoms with Crippen LogP contribution in [-0.2, 0) is 14.8 Å². The predicted octanol–water partition coefficient (Wildman–Crippen LogP) is 2.36. The zero-order chi connectivity index (χ0) is 24.2. The van der Waals surface area contributed by atoms with E-state index in [2.05, 4.69) is 15.8 Å². The first-order valence-corrected chi connectivity index (χ1v) is 12.4. The van der Waals surface area contributed by atoms with Gasteiger partial charge >= 0.3 is 6.03 Å². The molecular formula is C22H31N5O5S. The summed E-state index contributed by atoms with van der Waals surface area (Å²) in [4.78, 5) is 27.4. The fourth-order valence-corrected chi connectivity index (χ4v) is 5.63. The molecule has 1 aliphatic heterocycles. The second kappa shape index (κ2) is 10.3. The Labute approximate surface area is 194 Å². The number of urea groups is 1. The molecule has 10 nitrogen and oxygen atoms in total. The molecule has 1 atom stereocenters. The number of aryl methyl sites for hydroxylation is 2. The minimum absolute atomic E-state index is 0.0848. The van der Waals surface area contributed by atoms with E-state index >= 15 is 0 Å². The molecule has 2 N–H and O–H groups in total. The van der Waals surface area contributed by atoms with Gasteiger partial charge in [0.1, 0.15) is 16.6 Å². The van der Waals surface area contributed by atoms with Crippen molar-refractivity contribution in [2.45, 2.75) is 45.1 Å². The van der Waals surface area contributed by atoms with Gasteiger partial charge in [0.05, 0.1) is 0 Å². The summed E-state index contributed by atoms with van der Waals surface area (Å²) in [5, 5.41) is 9.25. The summed E-state index contributed by atoms with van der Waals surface area (Å²) in [5.74, 6) is -0.132. The van der Waals surface area contributed by atoms with Crippen LogP contribution in [0.2, 0.25) is 0 Å². The Morgan fingerprint density at radius 1 is 1.06 bits per heavy atom. The topological polar surface area (TPSA) is 125 Å². The van der Waals surface area contributed by atoms with Crippen LogP contribution in [0.1, 0.15) is 31.7 Å². The highest BCUT2D eigenvalue weighted by Gasteiger charge is 2.35. The Balaban J connectivity index is 1.67. The summed E-state index contributed by atoms with van der Waals surface area (Å²) < 4.78 is 32.7. The molecule has 11 heteroatoms. The van der Waals surface area contributed by atoms with E-state index in [9.17, 15) is 18.0 Å². The van der Waals surface area contributed by atoms with Gasteiger partial charge in [0.15, 0.2) is 5.76 Å². The monoisotopic (exact) mass is 477 g/mol. The van der Waals surface area contributed by atoms with E-state index in [-0.39, 0.29) is 42.1 Å². The van der Waals surface area contributed by atoms with E-state index in [4.69, 9.17) is 4.52 Å². The number of hydrogen-bond acceptors (Lipinski definition) is 6. The summed E-state index contributed by atoms with van der Waals surface area (Å²) in [6, 6.07) is 7.77. The molecule has 1 aromatic carbocycles. The number of aromatic nitrogens is 1. The van der Waals surface area contributed by atoms with Crippen LogP contribution in [-0.4, -0.2) is 66.9 Å². The molecule has 1 aliphatic rings. The molecule has 0 bridgehead atoms. The fourth-order valence-electron chi connectivity index (χ4n) is 3.87.